The van der Waals surface area contributed by atoms with Gasteiger partial charge in [-0.15, -0.1) is 5.10 Å². The van der Waals surface area contributed by atoms with Crippen molar-refractivity contribution in [3.8, 4) is 0 Å². The Morgan fingerprint density at radius 1 is 1.33 bits per heavy atom. The highest BCUT2D eigenvalue weighted by Crippen LogP contribution is 2.29. The van der Waals surface area contributed by atoms with Gasteiger partial charge in [-0.25, -0.2) is 9.48 Å². The lowest BCUT2D eigenvalue weighted by Gasteiger charge is -2.23. The van der Waals surface area contributed by atoms with Crippen molar-refractivity contribution in [1.29, 1.82) is 0 Å². The molecule has 0 saturated heterocycles. The van der Waals surface area contributed by atoms with Crippen LogP contribution in [-0.2, 0) is 16.1 Å². The van der Waals surface area contributed by atoms with Crippen LogP contribution in [0, 0.1) is 0 Å². The van der Waals surface area contributed by atoms with Gasteiger partial charge in [-0.2, -0.15) is 0 Å². The third-order valence-corrected chi connectivity index (χ3v) is 3.37. The van der Waals surface area contributed by atoms with E-state index in [9.17, 15) is 4.79 Å². The summed E-state index contributed by atoms with van der Waals surface area (Å²) >= 11 is 0. The van der Waals surface area contributed by atoms with Gasteiger partial charge in [0.15, 0.2) is 5.69 Å². The minimum Gasteiger partial charge on any atom is -0.464 e. The summed E-state index contributed by atoms with van der Waals surface area (Å²) in [6.45, 7) is 0.327. The standard InChI is InChI=1S/C12H19N3O3/c1-17-8-10-11(12(16)18-2)13-14-15(10)9-6-4-3-5-7-9/h9H,3-8H2,1-2H3. The Morgan fingerprint density at radius 2 is 2.06 bits per heavy atom. The summed E-state index contributed by atoms with van der Waals surface area (Å²) in [5.74, 6) is -0.455. The number of carbonyl (C=O) groups excluding carboxylic acids is 1. The maximum absolute atomic E-state index is 11.6. The number of rotatable bonds is 4. The van der Waals surface area contributed by atoms with Crippen molar-refractivity contribution in [1.82, 2.24) is 15.0 Å². The molecule has 0 aliphatic heterocycles. The predicted octanol–water partition coefficient (Wildman–Crippen LogP) is 1.72. The van der Waals surface area contributed by atoms with Gasteiger partial charge >= 0.3 is 5.97 Å². The van der Waals surface area contributed by atoms with Crippen molar-refractivity contribution in [2.24, 2.45) is 0 Å². The molecule has 1 aromatic heterocycles. The summed E-state index contributed by atoms with van der Waals surface area (Å²) < 4.78 is 11.7. The molecule has 0 bridgehead atoms. The van der Waals surface area contributed by atoms with E-state index in [1.54, 1.807) is 7.11 Å². The number of aromatic nitrogens is 3. The molecule has 0 spiro atoms. The van der Waals surface area contributed by atoms with E-state index in [0.29, 0.717) is 12.6 Å². The molecule has 0 amide bonds. The molecule has 0 radical (unpaired) electrons. The zero-order valence-corrected chi connectivity index (χ0v) is 10.9. The maximum atomic E-state index is 11.6. The first-order valence-corrected chi connectivity index (χ1v) is 6.29. The fourth-order valence-corrected chi connectivity index (χ4v) is 2.46. The van der Waals surface area contributed by atoms with E-state index in [1.165, 1.54) is 26.4 Å². The molecule has 2 rings (SSSR count). The number of nitrogens with zero attached hydrogens (tertiary/aromatic N) is 3. The largest absolute Gasteiger partial charge is 0.464 e. The zero-order valence-electron chi connectivity index (χ0n) is 10.9. The van der Waals surface area contributed by atoms with Gasteiger partial charge in [0.25, 0.3) is 0 Å². The van der Waals surface area contributed by atoms with Gasteiger partial charge in [-0.3, -0.25) is 0 Å². The van der Waals surface area contributed by atoms with Gasteiger partial charge in [0.1, 0.15) is 0 Å². The average molecular weight is 253 g/mol. The topological polar surface area (TPSA) is 66.2 Å². The van der Waals surface area contributed by atoms with Crippen molar-refractivity contribution in [2.75, 3.05) is 14.2 Å². The van der Waals surface area contributed by atoms with Crippen LogP contribution in [0.2, 0.25) is 0 Å². The van der Waals surface area contributed by atoms with Crippen molar-refractivity contribution in [3.63, 3.8) is 0 Å². The molecule has 6 heteroatoms. The minimum atomic E-state index is -0.455. The monoisotopic (exact) mass is 253 g/mol. The number of ether oxygens (including phenoxy) is 2. The number of hydrogen-bond donors (Lipinski definition) is 0. The van der Waals surface area contributed by atoms with Crippen LogP contribution in [0.15, 0.2) is 0 Å². The molecule has 0 aromatic carbocycles. The second-order valence-electron chi connectivity index (χ2n) is 4.55. The van der Waals surface area contributed by atoms with Crippen LogP contribution in [0.25, 0.3) is 0 Å². The molecule has 18 heavy (non-hydrogen) atoms. The zero-order chi connectivity index (χ0) is 13.0. The van der Waals surface area contributed by atoms with Gasteiger partial charge in [-0.05, 0) is 12.8 Å². The van der Waals surface area contributed by atoms with Crippen LogP contribution in [0.1, 0.15) is 54.3 Å². The first-order valence-electron chi connectivity index (χ1n) is 6.29. The van der Waals surface area contributed by atoms with Gasteiger partial charge in [-0.1, -0.05) is 24.5 Å². The van der Waals surface area contributed by atoms with Crippen LogP contribution < -0.4 is 0 Å². The molecule has 0 N–H and O–H groups in total. The molecule has 0 atom stereocenters. The van der Waals surface area contributed by atoms with Crippen molar-refractivity contribution in [3.05, 3.63) is 11.4 Å². The quantitative estimate of drug-likeness (QED) is 0.764. The normalized spacial score (nSPS) is 16.8. The maximum Gasteiger partial charge on any atom is 0.360 e. The van der Waals surface area contributed by atoms with Gasteiger partial charge in [0.05, 0.1) is 25.5 Å². The molecular weight excluding hydrogens is 234 g/mol. The highest BCUT2D eigenvalue weighted by Gasteiger charge is 2.25. The summed E-state index contributed by atoms with van der Waals surface area (Å²) in [6, 6.07) is 0.329. The smallest absolute Gasteiger partial charge is 0.360 e. The number of methoxy groups -OCH3 is 2. The van der Waals surface area contributed by atoms with Crippen molar-refractivity contribution in [2.45, 2.75) is 44.8 Å². The third-order valence-electron chi connectivity index (χ3n) is 3.37. The lowest BCUT2D eigenvalue weighted by atomic mass is 9.95. The molecule has 0 unspecified atom stereocenters. The van der Waals surface area contributed by atoms with E-state index >= 15 is 0 Å². The Bertz CT molecular complexity index is 411. The fraction of sp³-hybridized carbons (Fsp3) is 0.750. The molecule has 1 aliphatic carbocycles. The van der Waals surface area contributed by atoms with Gasteiger partial charge in [0.2, 0.25) is 0 Å². The molecule has 6 nitrogen and oxygen atoms in total. The molecule has 1 aliphatic rings. The van der Waals surface area contributed by atoms with E-state index < -0.39 is 5.97 Å². The summed E-state index contributed by atoms with van der Waals surface area (Å²) in [5, 5.41) is 8.05. The van der Waals surface area contributed by atoms with Gasteiger partial charge in [0, 0.05) is 7.11 Å². The molecule has 1 fully saturated rings. The molecule has 1 aromatic rings. The average Bonchev–Trinajstić information content (AvgIpc) is 2.83. The summed E-state index contributed by atoms with van der Waals surface area (Å²) in [7, 11) is 2.94. The number of esters is 1. The Kier molecular flexibility index (Phi) is 4.30. The van der Waals surface area contributed by atoms with E-state index in [0.717, 1.165) is 18.5 Å². The van der Waals surface area contributed by atoms with Crippen molar-refractivity contribution < 1.29 is 14.3 Å². The van der Waals surface area contributed by atoms with E-state index in [2.05, 4.69) is 10.3 Å². The number of hydrogen-bond acceptors (Lipinski definition) is 5. The van der Waals surface area contributed by atoms with Crippen LogP contribution in [0.3, 0.4) is 0 Å². The molecular formula is C12H19N3O3. The Balaban J connectivity index is 2.28. The lowest BCUT2D eigenvalue weighted by Crippen LogP contribution is -2.18. The van der Waals surface area contributed by atoms with Crippen LogP contribution in [0.4, 0.5) is 0 Å². The minimum absolute atomic E-state index is 0.268. The molecule has 100 valence electrons. The second-order valence-corrected chi connectivity index (χ2v) is 4.55. The Morgan fingerprint density at radius 3 is 2.67 bits per heavy atom. The highest BCUT2D eigenvalue weighted by molar-refractivity contribution is 5.88. The van der Waals surface area contributed by atoms with E-state index in [-0.39, 0.29) is 5.69 Å². The first kappa shape index (κ1) is 13.0. The van der Waals surface area contributed by atoms with E-state index in [1.807, 2.05) is 4.68 Å². The second kappa shape index (κ2) is 5.95. The third kappa shape index (κ3) is 2.53. The summed E-state index contributed by atoms with van der Waals surface area (Å²) in [5.41, 5.74) is 0.987. The molecule has 1 saturated carbocycles. The SMILES string of the molecule is COCc1c(C(=O)OC)nnn1C1CCCCC1. The summed E-state index contributed by atoms with van der Waals surface area (Å²) in [6.07, 6.45) is 5.84. The Hall–Kier alpha value is -1.43. The first-order chi connectivity index (χ1) is 8.77. The van der Waals surface area contributed by atoms with Crippen LogP contribution in [-0.4, -0.2) is 35.2 Å². The van der Waals surface area contributed by atoms with Crippen LogP contribution in [0.5, 0.6) is 0 Å². The van der Waals surface area contributed by atoms with Crippen LogP contribution >= 0.6 is 0 Å². The highest BCUT2D eigenvalue weighted by atomic mass is 16.5. The Labute approximate surface area is 106 Å². The molecule has 1 heterocycles. The van der Waals surface area contributed by atoms with Gasteiger partial charge < -0.3 is 9.47 Å². The lowest BCUT2D eigenvalue weighted by molar-refractivity contribution is 0.0588. The fourth-order valence-electron chi connectivity index (χ4n) is 2.46. The predicted molar refractivity (Wildman–Crippen MR) is 64.2 cm³/mol. The van der Waals surface area contributed by atoms with Crippen molar-refractivity contribution >= 4 is 5.97 Å². The van der Waals surface area contributed by atoms with E-state index in [4.69, 9.17) is 9.47 Å². The number of carbonyl (C=O) groups is 1. The summed E-state index contributed by atoms with van der Waals surface area (Å²) in [4.78, 5) is 11.6.